The van der Waals surface area contributed by atoms with E-state index in [2.05, 4.69) is 4.90 Å². The minimum atomic E-state index is -0.927. The molecule has 1 saturated heterocycles. The van der Waals surface area contributed by atoms with E-state index in [0.29, 0.717) is 12.8 Å². The van der Waals surface area contributed by atoms with Crippen LogP contribution in [0.15, 0.2) is 0 Å². The zero-order valence-electron chi connectivity index (χ0n) is 9.24. The maximum Gasteiger partial charge on any atom is 0.336 e. The summed E-state index contributed by atoms with van der Waals surface area (Å²) in [6.07, 6.45) is 4.76. The monoisotopic (exact) mass is 213 g/mol. The Balaban J connectivity index is 2.00. The molecule has 0 aromatic carbocycles. The van der Waals surface area contributed by atoms with E-state index in [-0.39, 0.29) is 0 Å². The van der Waals surface area contributed by atoms with Crippen LogP contribution in [0, 0.1) is 0 Å². The minimum Gasteiger partial charge on any atom is -0.479 e. The van der Waals surface area contributed by atoms with E-state index in [1.165, 1.54) is 20.0 Å². The third kappa shape index (κ3) is 2.16. The van der Waals surface area contributed by atoms with Gasteiger partial charge in [0.1, 0.15) is 0 Å². The molecule has 4 nitrogen and oxygen atoms in total. The molecule has 0 aromatic rings. The van der Waals surface area contributed by atoms with Crippen molar-refractivity contribution in [2.24, 2.45) is 0 Å². The summed E-state index contributed by atoms with van der Waals surface area (Å²) in [5.41, 5.74) is -0.927. The standard InChI is InChI=1S/C11H19NO3/c1-15-11(10(13)14)5-2-7-12(8-6-11)9-3-4-9/h9H,2-8H2,1H3,(H,13,14). The van der Waals surface area contributed by atoms with E-state index in [9.17, 15) is 9.90 Å². The van der Waals surface area contributed by atoms with Gasteiger partial charge in [-0.25, -0.2) is 4.79 Å². The second kappa shape index (κ2) is 4.10. The van der Waals surface area contributed by atoms with Crippen LogP contribution >= 0.6 is 0 Å². The first-order valence-corrected chi connectivity index (χ1v) is 5.70. The summed E-state index contributed by atoms with van der Waals surface area (Å²) >= 11 is 0. The number of carbonyl (C=O) groups is 1. The van der Waals surface area contributed by atoms with Crippen LogP contribution in [0.2, 0.25) is 0 Å². The van der Waals surface area contributed by atoms with E-state index in [1.54, 1.807) is 0 Å². The van der Waals surface area contributed by atoms with Crippen molar-refractivity contribution in [1.29, 1.82) is 0 Å². The van der Waals surface area contributed by atoms with Gasteiger partial charge in [-0.15, -0.1) is 0 Å². The average molecular weight is 213 g/mol. The summed E-state index contributed by atoms with van der Waals surface area (Å²) in [5.74, 6) is -0.803. The number of aliphatic carboxylic acids is 1. The minimum absolute atomic E-state index is 0.620. The Morgan fingerprint density at radius 3 is 2.67 bits per heavy atom. The van der Waals surface area contributed by atoms with Gasteiger partial charge in [-0.2, -0.15) is 0 Å². The summed E-state index contributed by atoms with van der Waals surface area (Å²) in [4.78, 5) is 13.6. The molecule has 0 bridgehead atoms. The van der Waals surface area contributed by atoms with Gasteiger partial charge in [-0.1, -0.05) is 0 Å². The first-order valence-electron chi connectivity index (χ1n) is 5.70. The van der Waals surface area contributed by atoms with Gasteiger partial charge in [0.15, 0.2) is 5.60 Å². The van der Waals surface area contributed by atoms with Crippen LogP contribution in [0.3, 0.4) is 0 Å². The number of methoxy groups -OCH3 is 1. The normalized spacial score (nSPS) is 33.7. The number of ether oxygens (including phenoxy) is 1. The number of carboxylic acid groups (broad SMARTS) is 1. The fourth-order valence-electron chi connectivity index (χ4n) is 2.44. The molecular weight excluding hydrogens is 194 g/mol. The fraction of sp³-hybridized carbons (Fsp3) is 0.909. The predicted octanol–water partition coefficient (Wildman–Crippen LogP) is 1.10. The van der Waals surface area contributed by atoms with Crippen LogP contribution in [0.5, 0.6) is 0 Å². The number of nitrogens with zero attached hydrogens (tertiary/aromatic N) is 1. The van der Waals surface area contributed by atoms with Gasteiger partial charge < -0.3 is 14.7 Å². The Morgan fingerprint density at radius 2 is 2.13 bits per heavy atom. The largest absolute Gasteiger partial charge is 0.479 e. The quantitative estimate of drug-likeness (QED) is 0.763. The van der Waals surface area contributed by atoms with Crippen molar-refractivity contribution in [3.8, 4) is 0 Å². The Kier molecular flexibility index (Phi) is 2.98. The van der Waals surface area contributed by atoms with Gasteiger partial charge in [-0.3, -0.25) is 0 Å². The van der Waals surface area contributed by atoms with Crippen LogP contribution in [0.4, 0.5) is 0 Å². The molecule has 1 saturated carbocycles. The molecule has 15 heavy (non-hydrogen) atoms. The van der Waals surface area contributed by atoms with Crippen molar-refractivity contribution < 1.29 is 14.6 Å². The van der Waals surface area contributed by atoms with Crippen molar-refractivity contribution in [2.75, 3.05) is 20.2 Å². The molecule has 1 N–H and O–H groups in total. The van der Waals surface area contributed by atoms with E-state index < -0.39 is 11.6 Å². The second-order valence-corrected chi connectivity index (χ2v) is 4.62. The van der Waals surface area contributed by atoms with Crippen molar-refractivity contribution in [2.45, 2.75) is 43.7 Å². The number of hydrogen-bond donors (Lipinski definition) is 1. The van der Waals surface area contributed by atoms with Crippen molar-refractivity contribution >= 4 is 5.97 Å². The molecule has 86 valence electrons. The molecule has 1 atom stereocenters. The van der Waals surface area contributed by atoms with Gasteiger partial charge in [-0.05, 0) is 38.6 Å². The first-order chi connectivity index (χ1) is 7.18. The molecule has 2 aliphatic rings. The SMILES string of the molecule is COC1(C(=O)O)CCCN(C2CC2)CC1. The first kappa shape index (κ1) is 10.9. The number of carboxylic acids is 1. The molecule has 0 aromatic heterocycles. The zero-order valence-corrected chi connectivity index (χ0v) is 9.24. The lowest BCUT2D eigenvalue weighted by molar-refractivity contribution is -0.163. The van der Waals surface area contributed by atoms with Crippen LogP contribution in [-0.2, 0) is 9.53 Å². The molecule has 2 rings (SSSR count). The van der Waals surface area contributed by atoms with Crippen LogP contribution in [0.25, 0.3) is 0 Å². The second-order valence-electron chi connectivity index (χ2n) is 4.62. The highest BCUT2D eigenvalue weighted by atomic mass is 16.5. The van der Waals surface area contributed by atoms with Crippen LogP contribution in [0.1, 0.15) is 32.1 Å². The predicted molar refractivity (Wildman–Crippen MR) is 55.8 cm³/mol. The van der Waals surface area contributed by atoms with Gasteiger partial charge in [0.2, 0.25) is 0 Å². The number of hydrogen-bond acceptors (Lipinski definition) is 3. The van der Waals surface area contributed by atoms with E-state index in [0.717, 1.165) is 25.6 Å². The molecule has 4 heteroatoms. The molecule has 1 unspecified atom stereocenters. The Morgan fingerprint density at radius 1 is 1.40 bits per heavy atom. The fourth-order valence-corrected chi connectivity index (χ4v) is 2.44. The highest BCUT2D eigenvalue weighted by molar-refractivity contribution is 5.77. The van der Waals surface area contributed by atoms with Gasteiger partial charge in [0, 0.05) is 19.7 Å². The smallest absolute Gasteiger partial charge is 0.336 e. The Labute approximate surface area is 90.2 Å². The number of rotatable bonds is 3. The summed E-state index contributed by atoms with van der Waals surface area (Å²) < 4.78 is 5.24. The maximum absolute atomic E-state index is 11.2. The van der Waals surface area contributed by atoms with Gasteiger partial charge in [0.25, 0.3) is 0 Å². The third-order valence-electron chi connectivity index (χ3n) is 3.67. The molecule has 1 heterocycles. The highest BCUT2D eigenvalue weighted by Gasteiger charge is 2.42. The highest BCUT2D eigenvalue weighted by Crippen LogP contribution is 2.32. The molecular formula is C11H19NO3. The molecule has 1 aliphatic heterocycles. The molecule has 1 aliphatic carbocycles. The third-order valence-corrected chi connectivity index (χ3v) is 3.67. The van der Waals surface area contributed by atoms with Crippen LogP contribution < -0.4 is 0 Å². The Hall–Kier alpha value is -0.610. The van der Waals surface area contributed by atoms with Crippen molar-refractivity contribution in [3.63, 3.8) is 0 Å². The number of likely N-dealkylation sites (tertiary alicyclic amines) is 1. The summed E-state index contributed by atoms with van der Waals surface area (Å²) in [5, 5.41) is 9.21. The van der Waals surface area contributed by atoms with Gasteiger partial charge in [0.05, 0.1) is 0 Å². The van der Waals surface area contributed by atoms with E-state index in [4.69, 9.17) is 4.74 Å². The summed E-state index contributed by atoms with van der Waals surface area (Å²) in [6, 6.07) is 0.728. The lowest BCUT2D eigenvalue weighted by Gasteiger charge is -2.26. The lowest BCUT2D eigenvalue weighted by Crippen LogP contribution is -2.41. The van der Waals surface area contributed by atoms with E-state index >= 15 is 0 Å². The molecule has 2 fully saturated rings. The maximum atomic E-state index is 11.2. The van der Waals surface area contributed by atoms with Crippen LogP contribution in [-0.4, -0.2) is 47.8 Å². The van der Waals surface area contributed by atoms with Crippen molar-refractivity contribution in [1.82, 2.24) is 4.90 Å². The molecule has 0 radical (unpaired) electrons. The summed E-state index contributed by atoms with van der Waals surface area (Å²) in [6.45, 7) is 1.90. The van der Waals surface area contributed by atoms with Crippen molar-refractivity contribution in [3.05, 3.63) is 0 Å². The lowest BCUT2D eigenvalue weighted by atomic mass is 9.95. The molecule has 0 spiro atoms. The topological polar surface area (TPSA) is 49.8 Å². The van der Waals surface area contributed by atoms with E-state index in [1.807, 2.05) is 0 Å². The Bertz CT molecular complexity index is 252. The average Bonchev–Trinajstić information content (AvgIpc) is 3.04. The summed E-state index contributed by atoms with van der Waals surface area (Å²) in [7, 11) is 1.51. The molecule has 0 amide bonds. The van der Waals surface area contributed by atoms with Gasteiger partial charge >= 0.3 is 5.97 Å². The zero-order chi connectivity index (χ0) is 10.9.